The number of halogens is 6. The van der Waals surface area contributed by atoms with Crippen LogP contribution in [0.4, 0.5) is 22.0 Å². The van der Waals surface area contributed by atoms with Gasteiger partial charge in [0, 0.05) is 11.8 Å². The van der Waals surface area contributed by atoms with Gasteiger partial charge in [0.05, 0.1) is 18.8 Å². The second-order valence-electron chi connectivity index (χ2n) is 4.94. The predicted octanol–water partition coefficient (Wildman–Crippen LogP) is 2.64. The minimum absolute atomic E-state index is 0. The summed E-state index contributed by atoms with van der Waals surface area (Å²) in [7, 11) is 0. The van der Waals surface area contributed by atoms with Gasteiger partial charge in [-0.25, -0.2) is 13.5 Å². The monoisotopic (exact) mass is 384 g/mol. The molecule has 11 heteroatoms. The van der Waals surface area contributed by atoms with E-state index >= 15 is 0 Å². The SMILES string of the molecule is Cl.NCC(F)(F)CNC(=O)c1cccc(-n2ccc(C(F)(F)F)n2)c1. The predicted molar refractivity (Wildman–Crippen MR) is 82.1 cm³/mol. The second-order valence-corrected chi connectivity index (χ2v) is 4.94. The lowest BCUT2D eigenvalue weighted by Gasteiger charge is -2.14. The highest BCUT2D eigenvalue weighted by molar-refractivity contribution is 5.94. The zero-order valence-corrected chi connectivity index (χ0v) is 13.4. The number of hydrogen-bond acceptors (Lipinski definition) is 3. The first-order valence-electron chi connectivity index (χ1n) is 6.72. The van der Waals surface area contributed by atoms with E-state index in [0.717, 1.165) is 16.9 Å². The highest BCUT2D eigenvalue weighted by atomic mass is 35.5. The Balaban J connectivity index is 0.00000312. The molecule has 3 N–H and O–H groups in total. The van der Waals surface area contributed by atoms with Gasteiger partial charge >= 0.3 is 6.18 Å². The Kier molecular flexibility index (Phi) is 6.49. The maximum atomic E-state index is 13.0. The van der Waals surface area contributed by atoms with Crippen LogP contribution >= 0.6 is 12.4 Å². The van der Waals surface area contributed by atoms with Crippen molar-refractivity contribution in [2.24, 2.45) is 5.73 Å². The second kappa shape index (κ2) is 7.79. The Labute approximate surface area is 145 Å². The molecule has 2 rings (SSSR count). The van der Waals surface area contributed by atoms with E-state index in [9.17, 15) is 26.7 Å². The van der Waals surface area contributed by atoms with Gasteiger partial charge in [0.25, 0.3) is 11.8 Å². The summed E-state index contributed by atoms with van der Waals surface area (Å²) in [6, 6.07) is 6.20. The van der Waals surface area contributed by atoms with Gasteiger partial charge < -0.3 is 11.1 Å². The minimum atomic E-state index is -4.59. The topological polar surface area (TPSA) is 72.9 Å². The molecule has 2 aromatic rings. The number of carbonyl (C=O) groups excluding carboxylic acids is 1. The van der Waals surface area contributed by atoms with E-state index in [-0.39, 0.29) is 23.7 Å². The van der Waals surface area contributed by atoms with Crippen LogP contribution in [0, 0.1) is 0 Å². The number of alkyl halides is 5. The van der Waals surface area contributed by atoms with Gasteiger partial charge in [-0.3, -0.25) is 4.79 Å². The van der Waals surface area contributed by atoms with Gasteiger partial charge in [-0.2, -0.15) is 18.3 Å². The molecular weight excluding hydrogens is 371 g/mol. The van der Waals surface area contributed by atoms with Gasteiger partial charge in [-0.1, -0.05) is 6.07 Å². The highest BCUT2D eigenvalue weighted by Gasteiger charge is 2.33. The van der Waals surface area contributed by atoms with Crippen molar-refractivity contribution in [2.45, 2.75) is 12.1 Å². The maximum absolute atomic E-state index is 13.0. The van der Waals surface area contributed by atoms with Gasteiger partial charge in [0.1, 0.15) is 0 Å². The molecule has 138 valence electrons. The van der Waals surface area contributed by atoms with E-state index in [1.807, 2.05) is 5.32 Å². The average Bonchev–Trinajstić information content (AvgIpc) is 3.03. The number of amides is 1. The van der Waals surface area contributed by atoms with E-state index in [4.69, 9.17) is 5.73 Å². The summed E-state index contributed by atoms with van der Waals surface area (Å²) in [6.45, 7) is -1.85. The molecule has 0 atom stereocenters. The Morgan fingerprint density at radius 2 is 1.88 bits per heavy atom. The molecule has 0 saturated carbocycles. The van der Waals surface area contributed by atoms with Gasteiger partial charge in [-0.15, -0.1) is 12.4 Å². The first-order valence-corrected chi connectivity index (χ1v) is 6.72. The average molecular weight is 385 g/mol. The summed E-state index contributed by atoms with van der Waals surface area (Å²) in [4.78, 5) is 11.9. The summed E-state index contributed by atoms with van der Waals surface area (Å²) in [6.07, 6.45) is -3.50. The van der Waals surface area contributed by atoms with E-state index < -0.39 is 36.8 Å². The maximum Gasteiger partial charge on any atom is 0.435 e. The van der Waals surface area contributed by atoms with Crippen molar-refractivity contribution in [3.8, 4) is 5.69 Å². The fraction of sp³-hybridized carbons (Fsp3) is 0.286. The molecule has 0 fully saturated rings. The number of carbonyl (C=O) groups is 1. The van der Waals surface area contributed by atoms with E-state index in [1.165, 1.54) is 24.3 Å². The third kappa shape index (κ3) is 5.40. The first kappa shape index (κ1) is 20.8. The molecule has 0 unspecified atom stereocenters. The Morgan fingerprint density at radius 1 is 1.20 bits per heavy atom. The molecule has 0 bridgehead atoms. The van der Waals surface area contributed by atoms with Crippen molar-refractivity contribution < 1.29 is 26.7 Å². The number of hydrogen-bond donors (Lipinski definition) is 2. The molecule has 1 aromatic heterocycles. The Morgan fingerprint density at radius 3 is 2.44 bits per heavy atom. The van der Waals surface area contributed by atoms with Crippen LogP contribution in [-0.4, -0.2) is 34.7 Å². The molecule has 0 radical (unpaired) electrons. The van der Waals surface area contributed by atoms with Crippen LogP contribution in [0.25, 0.3) is 5.69 Å². The normalized spacial score (nSPS) is 11.8. The largest absolute Gasteiger partial charge is 0.435 e. The smallest absolute Gasteiger partial charge is 0.346 e. The van der Waals surface area contributed by atoms with Crippen molar-refractivity contribution in [1.82, 2.24) is 15.1 Å². The minimum Gasteiger partial charge on any atom is -0.346 e. The summed E-state index contributed by atoms with van der Waals surface area (Å²) in [5.41, 5.74) is 3.97. The van der Waals surface area contributed by atoms with Crippen molar-refractivity contribution in [3.63, 3.8) is 0 Å². The van der Waals surface area contributed by atoms with E-state index in [1.54, 1.807) is 0 Å². The molecule has 0 aliphatic rings. The molecule has 25 heavy (non-hydrogen) atoms. The molecule has 0 aliphatic carbocycles. The highest BCUT2D eigenvalue weighted by Crippen LogP contribution is 2.27. The van der Waals surface area contributed by atoms with Gasteiger partial charge in [0.15, 0.2) is 5.69 Å². The van der Waals surface area contributed by atoms with E-state index in [0.29, 0.717) is 0 Å². The number of benzene rings is 1. The van der Waals surface area contributed by atoms with Crippen LogP contribution in [0.1, 0.15) is 16.1 Å². The zero-order chi connectivity index (χ0) is 18.0. The van der Waals surface area contributed by atoms with Crippen molar-refractivity contribution in [2.75, 3.05) is 13.1 Å². The van der Waals surface area contributed by atoms with Crippen LogP contribution < -0.4 is 11.1 Å². The summed E-state index contributed by atoms with van der Waals surface area (Å²) in [5, 5.41) is 5.39. The molecular formula is C14H14ClF5N4O. The quantitative estimate of drug-likeness (QED) is 0.778. The van der Waals surface area contributed by atoms with Gasteiger partial charge in [-0.05, 0) is 24.3 Å². The first-order chi connectivity index (χ1) is 11.1. The number of aromatic nitrogens is 2. The van der Waals surface area contributed by atoms with Crippen molar-refractivity contribution in [3.05, 3.63) is 47.8 Å². The fourth-order valence-corrected chi connectivity index (χ4v) is 1.79. The van der Waals surface area contributed by atoms with Crippen molar-refractivity contribution in [1.29, 1.82) is 0 Å². The standard InChI is InChI=1S/C14H13F5N4O.ClH/c15-13(16,7-20)8-21-12(24)9-2-1-3-10(6-9)23-5-4-11(22-23)14(17,18)19;/h1-6H,7-8,20H2,(H,21,24);1H. The van der Waals surface area contributed by atoms with Crippen LogP contribution in [0.2, 0.25) is 0 Å². The lowest BCUT2D eigenvalue weighted by molar-refractivity contribution is -0.141. The van der Waals surface area contributed by atoms with E-state index in [2.05, 4.69) is 5.10 Å². The van der Waals surface area contributed by atoms with Crippen LogP contribution in [0.15, 0.2) is 36.5 Å². The third-order valence-electron chi connectivity index (χ3n) is 3.06. The summed E-state index contributed by atoms with van der Waals surface area (Å²) in [5.74, 6) is -4.04. The van der Waals surface area contributed by atoms with Crippen molar-refractivity contribution >= 4 is 18.3 Å². The van der Waals surface area contributed by atoms with Crippen LogP contribution in [-0.2, 0) is 6.18 Å². The molecule has 1 amide bonds. The summed E-state index contributed by atoms with van der Waals surface area (Å²) < 4.78 is 64.6. The lowest BCUT2D eigenvalue weighted by atomic mass is 10.2. The zero-order valence-electron chi connectivity index (χ0n) is 12.6. The molecule has 0 saturated heterocycles. The molecule has 0 aliphatic heterocycles. The summed E-state index contributed by atoms with van der Waals surface area (Å²) >= 11 is 0. The number of rotatable bonds is 5. The fourth-order valence-electron chi connectivity index (χ4n) is 1.79. The lowest BCUT2D eigenvalue weighted by Crippen LogP contribution is -2.41. The Bertz CT molecular complexity index is 732. The molecule has 5 nitrogen and oxygen atoms in total. The molecule has 0 spiro atoms. The van der Waals surface area contributed by atoms with Crippen LogP contribution in [0.3, 0.4) is 0 Å². The third-order valence-corrected chi connectivity index (χ3v) is 3.06. The molecule has 1 heterocycles. The number of nitrogens with two attached hydrogens (primary N) is 1. The number of nitrogens with one attached hydrogen (secondary N) is 1. The Hall–Kier alpha value is -2.20. The van der Waals surface area contributed by atoms with Crippen LogP contribution in [0.5, 0.6) is 0 Å². The number of nitrogens with zero attached hydrogens (tertiary/aromatic N) is 2. The molecule has 1 aromatic carbocycles. The van der Waals surface area contributed by atoms with Gasteiger partial charge in [0.2, 0.25) is 0 Å².